The predicted molar refractivity (Wildman–Crippen MR) is 104 cm³/mol. The summed E-state index contributed by atoms with van der Waals surface area (Å²) in [6.07, 6.45) is 1.30. The van der Waals surface area contributed by atoms with Crippen molar-refractivity contribution in [1.29, 1.82) is 0 Å². The summed E-state index contributed by atoms with van der Waals surface area (Å²) in [7, 11) is 1.55. The van der Waals surface area contributed by atoms with E-state index < -0.39 is 0 Å². The first-order valence-corrected chi connectivity index (χ1v) is 8.64. The molecule has 1 aromatic heterocycles. The number of hydrogen-bond donors (Lipinski definition) is 2. The summed E-state index contributed by atoms with van der Waals surface area (Å²) >= 11 is 6.04. The van der Waals surface area contributed by atoms with Gasteiger partial charge < -0.3 is 24.8 Å². The van der Waals surface area contributed by atoms with Crippen LogP contribution in [-0.4, -0.2) is 29.8 Å². The van der Waals surface area contributed by atoms with E-state index in [2.05, 4.69) is 20.6 Å². The zero-order valence-corrected chi connectivity index (χ0v) is 15.5. The lowest BCUT2D eigenvalue weighted by Crippen LogP contribution is -2.14. The van der Waals surface area contributed by atoms with Gasteiger partial charge >= 0.3 is 0 Å². The molecule has 0 unspecified atom stereocenters. The van der Waals surface area contributed by atoms with E-state index in [9.17, 15) is 4.79 Å². The van der Waals surface area contributed by atoms with E-state index >= 15 is 0 Å². The van der Waals surface area contributed by atoms with Crippen LogP contribution in [-0.2, 0) is 0 Å². The molecule has 8 nitrogen and oxygen atoms in total. The van der Waals surface area contributed by atoms with Gasteiger partial charge in [0.05, 0.1) is 12.8 Å². The third-order valence-electron chi connectivity index (χ3n) is 3.95. The summed E-state index contributed by atoms with van der Waals surface area (Å²) in [5, 5.41) is 6.39. The molecule has 142 valence electrons. The topological polar surface area (TPSA) is 94.6 Å². The van der Waals surface area contributed by atoms with Gasteiger partial charge in [0.25, 0.3) is 5.91 Å². The quantitative estimate of drug-likeness (QED) is 0.673. The Morgan fingerprint density at radius 2 is 1.96 bits per heavy atom. The van der Waals surface area contributed by atoms with E-state index in [4.69, 9.17) is 25.8 Å². The molecule has 0 saturated carbocycles. The predicted octanol–water partition coefficient (Wildman–Crippen LogP) is 3.86. The molecule has 0 atom stereocenters. The van der Waals surface area contributed by atoms with Crippen molar-refractivity contribution in [2.24, 2.45) is 0 Å². The highest BCUT2D eigenvalue weighted by atomic mass is 35.5. The monoisotopic (exact) mass is 398 g/mol. The van der Waals surface area contributed by atoms with Crippen molar-refractivity contribution >= 4 is 34.7 Å². The Hall–Kier alpha value is -3.52. The molecule has 0 spiro atoms. The molecule has 1 aliphatic heterocycles. The molecule has 0 aliphatic carbocycles. The average molecular weight is 399 g/mol. The number of benzene rings is 2. The zero-order valence-electron chi connectivity index (χ0n) is 14.7. The number of carbonyl (C=O) groups excluding carboxylic acids is 1. The van der Waals surface area contributed by atoms with Crippen LogP contribution >= 0.6 is 11.6 Å². The van der Waals surface area contributed by atoms with Gasteiger partial charge in [-0.3, -0.25) is 4.79 Å². The van der Waals surface area contributed by atoms with Crippen LogP contribution in [0.3, 0.4) is 0 Å². The zero-order chi connectivity index (χ0) is 19.5. The first-order chi connectivity index (χ1) is 13.6. The Morgan fingerprint density at radius 3 is 2.82 bits per heavy atom. The number of methoxy groups -OCH3 is 1. The van der Waals surface area contributed by atoms with Crippen LogP contribution in [0.2, 0.25) is 5.02 Å². The number of ether oxygens (including phenoxy) is 3. The van der Waals surface area contributed by atoms with Crippen molar-refractivity contribution in [3.8, 4) is 17.2 Å². The van der Waals surface area contributed by atoms with Crippen LogP contribution in [0.5, 0.6) is 17.2 Å². The van der Waals surface area contributed by atoms with Crippen molar-refractivity contribution in [2.75, 3.05) is 24.5 Å². The number of nitrogens with one attached hydrogen (secondary N) is 2. The maximum Gasteiger partial charge on any atom is 0.274 e. The van der Waals surface area contributed by atoms with E-state index in [1.807, 2.05) is 0 Å². The highest BCUT2D eigenvalue weighted by Crippen LogP contribution is 2.34. The highest BCUT2D eigenvalue weighted by Gasteiger charge is 2.16. The highest BCUT2D eigenvalue weighted by molar-refractivity contribution is 6.31. The summed E-state index contributed by atoms with van der Waals surface area (Å²) < 4.78 is 15.9. The van der Waals surface area contributed by atoms with Crippen LogP contribution in [0.1, 0.15) is 10.5 Å². The first-order valence-electron chi connectivity index (χ1n) is 8.26. The van der Waals surface area contributed by atoms with Crippen LogP contribution in [0.4, 0.5) is 17.2 Å². The maximum absolute atomic E-state index is 12.5. The van der Waals surface area contributed by atoms with Gasteiger partial charge in [-0.1, -0.05) is 11.6 Å². The fourth-order valence-electron chi connectivity index (χ4n) is 2.64. The van der Waals surface area contributed by atoms with Crippen LogP contribution < -0.4 is 24.8 Å². The number of aromatic nitrogens is 2. The lowest BCUT2D eigenvalue weighted by molar-refractivity contribution is 0.102. The van der Waals surface area contributed by atoms with E-state index in [0.29, 0.717) is 39.5 Å². The second kappa shape index (κ2) is 7.61. The van der Waals surface area contributed by atoms with Gasteiger partial charge in [0.1, 0.15) is 23.6 Å². The summed E-state index contributed by atoms with van der Waals surface area (Å²) in [5.41, 5.74) is 1.38. The minimum Gasteiger partial charge on any atom is -0.495 e. The largest absolute Gasteiger partial charge is 0.495 e. The Bertz CT molecular complexity index is 1040. The number of nitrogens with zero attached hydrogens (tertiary/aromatic N) is 2. The van der Waals surface area contributed by atoms with Crippen molar-refractivity contribution in [3.05, 3.63) is 59.5 Å². The fourth-order valence-corrected chi connectivity index (χ4v) is 2.81. The van der Waals surface area contributed by atoms with Crippen LogP contribution in [0, 0.1) is 0 Å². The SMILES string of the molecule is COc1ccc(Cl)cc1Nc1cc(C(=O)Nc2ccc3c(c2)OCO3)ncn1. The normalized spacial score (nSPS) is 11.8. The summed E-state index contributed by atoms with van der Waals surface area (Å²) in [5.74, 6) is 1.85. The lowest BCUT2D eigenvalue weighted by atomic mass is 10.2. The number of anilines is 3. The second-order valence-electron chi connectivity index (χ2n) is 5.78. The molecule has 3 aromatic rings. The molecular formula is C19H15ClN4O4. The average Bonchev–Trinajstić information content (AvgIpc) is 3.16. The minimum atomic E-state index is -0.387. The molecule has 1 amide bonds. The van der Waals surface area contributed by atoms with Gasteiger partial charge in [0.15, 0.2) is 11.5 Å². The number of amides is 1. The minimum absolute atomic E-state index is 0.167. The van der Waals surface area contributed by atoms with E-state index in [1.54, 1.807) is 43.5 Å². The Kier molecular flexibility index (Phi) is 4.86. The Labute approximate surface area is 165 Å². The van der Waals surface area contributed by atoms with Crippen molar-refractivity contribution in [3.63, 3.8) is 0 Å². The maximum atomic E-state index is 12.5. The van der Waals surface area contributed by atoms with Gasteiger partial charge in [-0.2, -0.15) is 0 Å². The fraction of sp³-hybridized carbons (Fsp3) is 0.105. The van der Waals surface area contributed by atoms with Crippen molar-refractivity contribution in [2.45, 2.75) is 0 Å². The molecule has 0 bridgehead atoms. The Balaban J connectivity index is 1.52. The van der Waals surface area contributed by atoms with E-state index in [0.717, 1.165) is 0 Å². The number of carbonyl (C=O) groups is 1. The second-order valence-corrected chi connectivity index (χ2v) is 6.22. The molecule has 0 saturated heterocycles. The summed E-state index contributed by atoms with van der Waals surface area (Å²) in [4.78, 5) is 20.7. The molecule has 9 heteroatoms. The molecular weight excluding hydrogens is 384 g/mol. The van der Waals surface area contributed by atoms with Crippen molar-refractivity contribution in [1.82, 2.24) is 9.97 Å². The van der Waals surface area contributed by atoms with Gasteiger partial charge in [0, 0.05) is 22.8 Å². The van der Waals surface area contributed by atoms with E-state index in [-0.39, 0.29) is 18.4 Å². The smallest absolute Gasteiger partial charge is 0.274 e. The molecule has 2 aromatic carbocycles. The van der Waals surface area contributed by atoms with Gasteiger partial charge in [-0.05, 0) is 30.3 Å². The molecule has 28 heavy (non-hydrogen) atoms. The molecule has 0 fully saturated rings. The standard InChI is InChI=1S/C19H15ClN4O4/c1-26-15-4-2-11(20)6-13(15)24-18-8-14(21-9-22-18)19(25)23-12-3-5-16-17(7-12)28-10-27-16/h2-9H,10H2,1H3,(H,23,25)(H,21,22,24). The van der Waals surface area contributed by atoms with E-state index in [1.165, 1.54) is 12.4 Å². The molecule has 2 N–H and O–H groups in total. The molecule has 0 radical (unpaired) electrons. The molecule has 1 aliphatic rings. The van der Waals surface area contributed by atoms with Crippen LogP contribution in [0.25, 0.3) is 0 Å². The lowest BCUT2D eigenvalue weighted by Gasteiger charge is -2.11. The third-order valence-corrected chi connectivity index (χ3v) is 4.19. The number of hydrogen-bond acceptors (Lipinski definition) is 7. The summed E-state index contributed by atoms with van der Waals surface area (Å²) in [6.45, 7) is 0.167. The first kappa shape index (κ1) is 17.9. The van der Waals surface area contributed by atoms with Crippen molar-refractivity contribution < 1.29 is 19.0 Å². The van der Waals surface area contributed by atoms with Gasteiger partial charge in [-0.15, -0.1) is 0 Å². The van der Waals surface area contributed by atoms with Gasteiger partial charge in [0.2, 0.25) is 6.79 Å². The third kappa shape index (κ3) is 3.77. The van der Waals surface area contributed by atoms with Crippen LogP contribution in [0.15, 0.2) is 48.8 Å². The molecule has 4 rings (SSSR count). The number of rotatable bonds is 5. The number of halogens is 1. The Morgan fingerprint density at radius 1 is 1.11 bits per heavy atom. The number of fused-ring (bicyclic) bond motifs is 1. The van der Waals surface area contributed by atoms with Gasteiger partial charge in [-0.25, -0.2) is 9.97 Å². The molecule has 2 heterocycles. The summed E-state index contributed by atoms with van der Waals surface area (Å²) in [6, 6.07) is 11.8.